The van der Waals surface area contributed by atoms with E-state index < -0.39 is 23.6 Å². The summed E-state index contributed by atoms with van der Waals surface area (Å²) in [5, 5.41) is 11.8. The van der Waals surface area contributed by atoms with E-state index in [1.165, 1.54) is 35.5 Å². The molecule has 16 atom stereocenters. The second kappa shape index (κ2) is 54.9. The van der Waals surface area contributed by atoms with E-state index in [1.807, 2.05) is 109 Å². The van der Waals surface area contributed by atoms with Gasteiger partial charge in [-0.05, 0) is 132 Å². The van der Waals surface area contributed by atoms with Crippen LogP contribution in [0.5, 0.6) is 0 Å². The Morgan fingerprint density at radius 2 is 0.770 bits per heavy atom. The zero-order valence-electron chi connectivity index (χ0n) is 64.3. The normalized spacial score (nSPS) is 28.8. The first-order valence-electron chi connectivity index (χ1n) is 36.8. The Morgan fingerprint density at radius 1 is 0.434 bits per heavy atom. The molecule has 2 unspecified atom stereocenters. The summed E-state index contributed by atoms with van der Waals surface area (Å²) in [6.45, 7) is 22.7. The van der Waals surface area contributed by atoms with E-state index in [0.29, 0.717) is 70.4 Å². The summed E-state index contributed by atoms with van der Waals surface area (Å²) in [6.07, 6.45) is 9.43. The van der Waals surface area contributed by atoms with Gasteiger partial charge in [0.25, 0.3) is 0 Å². The number of rotatable bonds is 24. The van der Waals surface area contributed by atoms with Gasteiger partial charge >= 0.3 is 5.97 Å². The predicted molar refractivity (Wildman–Crippen MR) is 531 cm³/mol. The van der Waals surface area contributed by atoms with Gasteiger partial charge in [0, 0.05) is 285 Å². The molecule has 0 amide bonds. The SMILES string of the molecule is CC[C@@H]1CC[C@@]23CCC(=O)C2[C@]1(C)[C@H](O)C[C@](C)(CC)[C@@H](OCOCc1ccccc1)[C@@H]3C.CC[C@@]1(C)C[C@@H](OC(=O)COCc2ccccc2)[C@@]2(C)C3C(=O)CC[C@@]3(CC[C@H]2COCOCc2ccccc2)[C@@H](C)[C@@H]1OCOCc1ccccc1.S=S=S=S=S=S=S=S=S=S=S=S=S.S=S=S=S=S=S=S=S=S=S=S=S=S=S. The molecule has 0 spiro atoms. The number of aliphatic hydroxyl groups is 1. The lowest BCUT2D eigenvalue weighted by Crippen LogP contribution is -2.64. The molecule has 0 aliphatic heterocycles. The molecule has 632 valence electrons. The highest BCUT2D eigenvalue weighted by molar-refractivity contribution is 8.77. The number of hydrogen-bond donors (Lipinski definition) is 1. The topological polar surface area (TPSA) is 145 Å². The van der Waals surface area contributed by atoms with Crippen molar-refractivity contribution in [2.75, 3.05) is 33.6 Å². The summed E-state index contributed by atoms with van der Waals surface area (Å²) in [7, 11) is 38.0. The molecule has 4 aromatic rings. The first-order valence-corrected chi connectivity index (χ1v) is 70.1. The van der Waals surface area contributed by atoms with Crippen LogP contribution in [0.1, 0.15) is 168 Å². The van der Waals surface area contributed by atoms with Crippen LogP contribution in [0.4, 0.5) is 0 Å². The molecule has 4 bridgehead atoms. The highest BCUT2D eigenvalue weighted by Gasteiger charge is 2.71. The molecule has 0 heterocycles. The number of Topliss-reactive ketones (excluding diaryl/α,β-unsaturated/α-hetero) is 2. The smallest absolute Gasteiger partial charge is 0.332 e. The molecule has 4 aromatic carbocycles. The van der Waals surface area contributed by atoms with Crippen molar-refractivity contribution in [1.29, 1.82) is 0 Å². The largest absolute Gasteiger partial charge is 0.460 e. The van der Waals surface area contributed by atoms with Crippen LogP contribution < -0.4 is 0 Å². The fourth-order valence-corrected chi connectivity index (χ4v) is 70.6. The number of ketones is 2. The van der Waals surface area contributed by atoms with Crippen molar-refractivity contribution in [3.63, 3.8) is 0 Å². The monoisotopic (exact) mass is 2050 g/mol. The van der Waals surface area contributed by atoms with Gasteiger partial charge in [0.15, 0.2) is 0 Å². The number of carbonyl (C=O) groups excluding carboxylic acids is 3. The van der Waals surface area contributed by atoms with Crippen molar-refractivity contribution < 1.29 is 57.4 Å². The van der Waals surface area contributed by atoms with E-state index in [9.17, 15) is 19.5 Å². The molecule has 10 rings (SSSR count). The molecule has 6 aliphatic carbocycles. The second-order valence-corrected chi connectivity index (χ2v) is 70.0. The molecule has 6 fully saturated rings. The van der Waals surface area contributed by atoms with Crippen molar-refractivity contribution in [2.24, 2.45) is 68.0 Å². The Balaban J connectivity index is 0.000000248. The zero-order valence-corrected chi connectivity index (χ0v) is 86.4. The average Bonchev–Trinajstić information content (AvgIpc) is 1.62. The summed E-state index contributed by atoms with van der Waals surface area (Å²) < 4.78 is 50.1. The van der Waals surface area contributed by atoms with Crippen molar-refractivity contribution in [1.82, 2.24) is 0 Å². The minimum atomic E-state index is -0.667. The maximum absolute atomic E-state index is 14.3. The van der Waals surface area contributed by atoms with Gasteiger partial charge in [0.2, 0.25) is 0 Å². The minimum absolute atomic E-state index is 0.0222. The Kier molecular flexibility index (Phi) is 49.3. The number of esters is 1. The zero-order chi connectivity index (χ0) is 81.4. The van der Waals surface area contributed by atoms with Crippen LogP contribution in [-0.2, 0) is 328 Å². The van der Waals surface area contributed by atoms with Crippen LogP contribution in [0.25, 0.3) is 0 Å². The predicted octanol–water partition coefficient (Wildman–Crippen LogP) is 14.8. The highest BCUT2D eigenvalue weighted by atomic mass is 33.5. The Bertz CT molecular complexity index is 4770. The molecule has 0 radical (unpaired) electrons. The lowest BCUT2D eigenvalue weighted by atomic mass is 9.43. The third kappa shape index (κ3) is 30.0. The molecule has 1 N–H and O–H groups in total. The summed E-state index contributed by atoms with van der Waals surface area (Å²) >= 11 is 18.8. The van der Waals surface area contributed by atoms with E-state index in [4.69, 9.17) is 82.6 Å². The maximum atomic E-state index is 14.3. The molecule has 39 heteroatoms. The maximum Gasteiger partial charge on any atom is 0.332 e. The summed E-state index contributed by atoms with van der Waals surface area (Å²) in [5.41, 5.74) is 2.34. The molecule has 0 saturated heterocycles. The van der Waals surface area contributed by atoms with Crippen LogP contribution in [0.15, 0.2) is 121 Å². The molecule has 113 heavy (non-hydrogen) atoms. The number of carbonyl (C=O) groups is 3. The Labute approximate surface area is 755 Å². The van der Waals surface area contributed by atoms with Crippen LogP contribution in [0.3, 0.4) is 0 Å². The molecule has 0 aromatic heterocycles. The molecule has 6 saturated carbocycles. The molecular weight excluding hydrogens is 1950 g/mol. The number of aliphatic hydroxyl groups excluding tert-OH is 1. The second-order valence-electron chi connectivity index (χ2n) is 29.3. The average molecular weight is 2050 g/mol. The van der Waals surface area contributed by atoms with Crippen LogP contribution >= 0.6 is 0 Å². The van der Waals surface area contributed by atoms with E-state index in [2.05, 4.69) is 74.4 Å². The molecule has 12 nitrogen and oxygen atoms in total. The fourth-order valence-electron chi connectivity index (χ4n) is 18.5. The van der Waals surface area contributed by atoms with Crippen molar-refractivity contribution in [3.8, 4) is 0 Å². The van der Waals surface area contributed by atoms with Gasteiger partial charge in [-0.2, -0.15) is 0 Å². The number of ether oxygens (including phenoxy) is 8. The van der Waals surface area contributed by atoms with Crippen molar-refractivity contribution >= 4 is 267 Å². The fraction of sp³-hybridized carbons (Fsp3) is 0.635. The van der Waals surface area contributed by atoms with Crippen molar-refractivity contribution in [3.05, 3.63) is 144 Å². The van der Waals surface area contributed by atoms with Gasteiger partial charge < -0.3 is 43.0 Å². The van der Waals surface area contributed by atoms with Crippen LogP contribution in [0.2, 0.25) is 0 Å². The molecule has 6 aliphatic rings. The first kappa shape index (κ1) is 101. The van der Waals surface area contributed by atoms with E-state index in [0.717, 1.165) is 80.0 Å². The summed E-state index contributed by atoms with van der Waals surface area (Å²) in [5.74, 6) is 0.527. The van der Waals surface area contributed by atoms with Gasteiger partial charge in [0.05, 0.1) is 51.3 Å². The van der Waals surface area contributed by atoms with Gasteiger partial charge in [-0.15, -0.1) is 0 Å². The van der Waals surface area contributed by atoms with Gasteiger partial charge in [-0.25, -0.2) is 4.79 Å². The summed E-state index contributed by atoms with van der Waals surface area (Å²) in [6, 6.07) is 40.1. The van der Waals surface area contributed by atoms with Crippen molar-refractivity contribution in [2.45, 2.75) is 197 Å². The quantitative estimate of drug-likeness (QED) is 0.0403. The summed E-state index contributed by atoms with van der Waals surface area (Å²) in [4.78, 5) is 41.5. The molecular formula is C74H102O12S27. The lowest BCUT2D eigenvalue weighted by molar-refractivity contribution is -0.241. The third-order valence-corrected chi connectivity index (χ3v) is 70.7. The van der Waals surface area contributed by atoms with Gasteiger partial charge in [-0.3, -0.25) is 9.59 Å². The Morgan fingerprint density at radius 3 is 1.13 bits per heavy atom. The number of benzene rings is 4. The Hall–Kier alpha value is 1.31. The van der Waals surface area contributed by atoms with E-state index in [1.54, 1.807) is 169 Å². The third-order valence-electron chi connectivity index (χ3n) is 24.0. The van der Waals surface area contributed by atoms with E-state index >= 15 is 0 Å². The van der Waals surface area contributed by atoms with Crippen LogP contribution in [-0.4, -0.2) is 80.7 Å². The standard InChI is InChI=1S/C45H58O8.C29H44O4.S14.S13/c1-5-43(3)25-39(53-40(47)30-48-26-34-15-9-6-10-16-34)44(4)37(29-51-31-49-27-35-17-11-7-12-18-35)21-23-45(24-22-38(46)41(44)45)33(2)42(43)52-32-50-28-36-19-13-8-14-20-36;1-6-22-13-15-29-16-14-23(30)25(29)28(22,5)24(31)17-27(4,7-2)26(20(29)3)33-19-32-18-21-11-9-8-10-12-21;1-3-5-7-9-11-13-14-12-10-8-6-4-2;1-3-5-7-9-11-13-12-10-8-6-4-2/h6-20,33,37,39,41-42H,5,21-32H2,1-4H3;8-12,20,22,24-26,31H,6-7,13-19H2,1-5H3;;/t33-,37-,39+,41?,42-,43-,44-,45-;20-,22+,24+,25?,26-,27-,28-,29-;;/m00../s1. The number of hydrogen-bond acceptors (Lipinski definition) is 16. The van der Waals surface area contributed by atoms with Gasteiger partial charge in [0.1, 0.15) is 44.7 Å². The highest BCUT2D eigenvalue weighted by Crippen LogP contribution is 2.70. The van der Waals surface area contributed by atoms with E-state index in [-0.39, 0.29) is 102 Å². The van der Waals surface area contributed by atoms with Crippen LogP contribution in [0, 0.1) is 68.0 Å². The minimum Gasteiger partial charge on any atom is -0.460 e. The first-order chi connectivity index (χ1) is 54.7. The van der Waals surface area contributed by atoms with Gasteiger partial charge in [-0.1, -0.05) is 190 Å². The lowest BCUT2D eigenvalue weighted by Gasteiger charge is -2.63.